The molecule has 0 aliphatic carbocycles. The zero-order valence-electron chi connectivity index (χ0n) is 11.9. The maximum Gasteiger partial charge on any atom is 0.253 e. The third-order valence-electron chi connectivity index (χ3n) is 2.69. The van der Waals surface area contributed by atoms with Crippen molar-refractivity contribution >= 4 is 22.9 Å². The Morgan fingerprint density at radius 1 is 1.35 bits per heavy atom. The van der Waals surface area contributed by atoms with Gasteiger partial charge in [-0.25, -0.2) is 4.98 Å². The molecule has 0 spiro atoms. The van der Waals surface area contributed by atoms with Crippen LogP contribution >= 0.6 is 11.3 Å². The highest BCUT2D eigenvalue weighted by molar-refractivity contribution is 7.11. The zero-order valence-corrected chi connectivity index (χ0v) is 12.8. The molecule has 1 aromatic heterocycles. The highest BCUT2D eigenvalue weighted by Crippen LogP contribution is 2.16. The van der Waals surface area contributed by atoms with Crippen LogP contribution in [0.2, 0.25) is 0 Å². The lowest BCUT2D eigenvalue weighted by Gasteiger charge is -2.14. The fourth-order valence-corrected chi connectivity index (χ4v) is 2.58. The van der Waals surface area contributed by atoms with Crippen LogP contribution in [0.1, 0.15) is 34.1 Å². The second kappa shape index (κ2) is 6.52. The van der Waals surface area contributed by atoms with Crippen LogP contribution in [0, 0.1) is 6.92 Å². The zero-order chi connectivity index (χ0) is 14.5. The summed E-state index contributed by atoms with van der Waals surface area (Å²) in [6.45, 7) is 6.57. The van der Waals surface area contributed by atoms with Crippen LogP contribution in [0.4, 0.5) is 5.69 Å². The molecule has 0 fully saturated rings. The molecule has 1 aromatic carbocycles. The number of nitrogens with one attached hydrogen (secondary N) is 2. The van der Waals surface area contributed by atoms with Crippen molar-refractivity contribution in [2.45, 2.75) is 33.4 Å². The topological polar surface area (TPSA) is 54.0 Å². The monoisotopic (exact) mass is 289 g/mol. The molecule has 1 heterocycles. The van der Waals surface area contributed by atoms with E-state index in [-0.39, 0.29) is 11.9 Å². The van der Waals surface area contributed by atoms with Gasteiger partial charge in [0.15, 0.2) is 0 Å². The fourth-order valence-electron chi connectivity index (χ4n) is 1.85. The summed E-state index contributed by atoms with van der Waals surface area (Å²) in [7, 11) is 0. The van der Waals surface area contributed by atoms with Gasteiger partial charge >= 0.3 is 0 Å². The molecule has 0 radical (unpaired) electrons. The smallest absolute Gasteiger partial charge is 0.253 e. The third kappa shape index (κ3) is 3.81. The molecule has 4 nitrogen and oxygen atoms in total. The van der Waals surface area contributed by atoms with Crippen molar-refractivity contribution in [1.82, 2.24) is 10.3 Å². The van der Waals surface area contributed by atoms with Gasteiger partial charge in [0, 0.05) is 22.8 Å². The van der Waals surface area contributed by atoms with Gasteiger partial charge in [-0.05, 0) is 32.9 Å². The van der Waals surface area contributed by atoms with Crippen molar-refractivity contribution < 1.29 is 4.79 Å². The molecule has 0 atom stereocenters. The number of aryl methyl sites for hydroxylation is 1. The highest BCUT2D eigenvalue weighted by Gasteiger charge is 2.11. The van der Waals surface area contributed by atoms with E-state index in [1.165, 1.54) is 0 Å². The lowest BCUT2D eigenvalue weighted by atomic mass is 10.1. The normalized spacial score (nSPS) is 10.6. The average molecular weight is 289 g/mol. The Kier molecular flexibility index (Phi) is 4.74. The number of nitrogens with zero attached hydrogens (tertiary/aromatic N) is 1. The molecule has 0 aliphatic heterocycles. The number of carbonyl (C=O) groups is 1. The number of benzene rings is 1. The van der Waals surface area contributed by atoms with E-state index in [0.717, 1.165) is 15.6 Å². The first-order chi connectivity index (χ1) is 9.56. The van der Waals surface area contributed by atoms with Gasteiger partial charge < -0.3 is 10.6 Å². The van der Waals surface area contributed by atoms with Gasteiger partial charge in [-0.15, -0.1) is 11.3 Å². The Morgan fingerprint density at radius 3 is 2.75 bits per heavy atom. The third-order valence-corrected chi connectivity index (χ3v) is 3.60. The van der Waals surface area contributed by atoms with Crippen LogP contribution in [0.5, 0.6) is 0 Å². The summed E-state index contributed by atoms with van der Waals surface area (Å²) in [6, 6.07) is 7.82. The van der Waals surface area contributed by atoms with E-state index < -0.39 is 0 Å². The summed E-state index contributed by atoms with van der Waals surface area (Å²) in [4.78, 5) is 17.6. The van der Waals surface area contributed by atoms with Gasteiger partial charge in [0.25, 0.3) is 5.91 Å². The number of anilines is 1. The number of amides is 1. The summed E-state index contributed by atoms with van der Waals surface area (Å²) in [5, 5.41) is 7.12. The molecule has 2 rings (SSSR count). The fraction of sp³-hybridized carbons (Fsp3) is 0.333. The average Bonchev–Trinajstić information content (AvgIpc) is 2.82. The van der Waals surface area contributed by atoms with Gasteiger partial charge in [-0.3, -0.25) is 4.79 Å². The molecule has 2 aromatic rings. The molecule has 20 heavy (non-hydrogen) atoms. The van der Waals surface area contributed by atoms with Crippen molar-refractivity contribution in [2.75, 3.05) is 5.32 Å². The molecule has 0 unspecified atom stereocenters. The molecule has 0 aliphatic rings. The first-order valence-corrected chi connectivity index (χ1v) is 7.43. The van der Waals surface area contributed by atoms with Crippen molar-refractivity contribution in [1.29, 1.82) is 0 Å². The SMILES string of the molecule is Cc1cnc(CNC(=O)c2ccccc2NC(C)C)s1. The molecule has 0 saturated heterocycles. The quantitative estimate of drug-likeness (QED) is 0.888. The molecule has 0 bridgehead atoms. The molecule has 1 amide bonds. The Balaban J connectivity index is 2.05. The van der Waals surface area contributed by atoms with E-state index in [2.05, 4.69) is 15.6 Å². The number of rotatable bonds is 5. The predicted molar refractivity (Wildman–Crippen MR) is 83.2 cm³/mol. The van der Waals surface area contributed by atoms with E-state index in [4.69, 9.17) is 0 Å². The van der Waals surface area contributed by atoms with Crippen molar-refractivity contribution in [3.05, 3.63) is 45.9 Å². The second-order valence-corrected chi connectivity index (χ2v) is 6.21. The Labute approximate surface area is 123 Å². The Morgan fingerprint density at radius 2 is 2.10 bits per heavy atom. The van der Waals surface area contributed by atoms with Crippen molar-refractivity contribution in [3.63, 3.8) is 0 Å². The molecule has 5 heteroatoms. The summed E-state index contributed by atoms with van der Waals surface area (Å²) in [6.07, 6.45) is 1.82. The Bertz CT molecular complexity index is 592. The minimum atomic E-state index is -0.0818. The molecule has 0 saturated carbocycles. The van der Waals surface area contributed by atoms with E-state index in [1.807, 2.05) is 51.2 Å². The predicted octanol–water partition coefficient (Wildman–Crippen LogP) is 3.20. The first kappa shape index (κ1) is 14.5. The molecular formula is C15H19N3OS. The minimum Gasteiger partial charge on any atom is -0.382 e. The number of thiazole rings is 1. The van der Waals surface area contributed by atoms with Gasteiger partial charge in [-0.2, -0.15) is 0 Å². The molecule has 2 N–H and O–H groups in total. The number of carbonyl (C=O) groups excluding carboxylic acids is 1. The minimum absolute atomic E-state index is 0.0818. The largest absolute Gasteiger partial charge is 0.382 e. The number of aromatic nitrogens is 1. The Hall–Kier alpha value is -1.88. The highest BCUT2D eigenvalue weighted by atomic mass is 32.1. The van der Waals surface area contributed by atoms with Gasteiger partial charge in [0.05, 0.1) is 12.1 Å². The van der Waals surface area contributed by atoms with Crippen LogP contribution < -0.4 is 10.6 Å². The van der Waals surface area contributed by atoms with Gasteiger partial charge in [0.2, 0.25) is 0 Å². The van der Waals surface area contributed by atoms with E-state index >= 15 is 0 Å². The molecular weight excluding hydrogens is 270 g/mol. The summed E-state index contributed by atoms with van der Waals surface area (Å²) < 4.78 is 0. The molecule has 106 valence electrons. The summed E-state index contributed by atoms with van der Waals surface area (Å²) in [5.41, 5.74) is 1.52. The van der Waals surface area contributed by atoms with E-state index in [9.17, 15) is 4.79 Å². The van der Waals surface area contributed by atoms with Gasteiger partial charge in [-0.1, -0.05) is 12.1 Å². The van der Waals surface area contributed by atoms with Gasteiger partial charge in [0.1, 0.15) is 5.01 Å². The maximum absolute atomic E-state index is 12.3. The lowest BCUT2D eigenvalue weighted by Crippen LogP contribution is -2.24. The first-order valence-electron chi connectivity index (χ1n) is 6.61. The van der Waals surface area contributed by atoms with Crippen LogP contribution in [-0.2, 0) is 6.54 Å². The standard InChI is InChI=1S/C15H19N3OS/c1-10(2)18-13-7-5-4-6-12(13)15(19)17-9-14-16-8-11(3)20-14/h4-8,10,18H,9H2,1-3H3,(H,17,19). The van der Waals surface area contributed by atoms with Crippen LogP contribution in [0.15, 0.2) is 30.5 Å². The number of para-hydroxylation sites is 1. The van der Waals surface area contributed by atoms with E-state index in [1.54, 1.807) is 11.3 Å². The number of hydrogen-bond acceptors (Lipinski definition) is 4. The second-order valence-electron chi connectivity index (χ2n) is 4.89. The van der Waals surface area contributed by atoms with Crippen LogP contribution in [-0.4, -0.2) is 16.9 Å². The van der Waals surface area contributed by atoms with Crippen LogP contribution in [0.3, 0.4) is 0 Å². The van der Waals surface area contributed by atoms with Crippen molar-refractivity contribution in [2.24, 2.45) is 0 Å². The summed E-state index contributed by atoms with van der Waals surface area (Å²) >= 11 is 1.60. The lowest BCUT2D eigenvalue weighted by molar-refractivity contribution is 0.0951. The van der Waals surface area contributed by atoms with Crippen LogP contribution in [0.25, 0.3) is 0 Å². The van der Waals surface area contributed by atoms with Crippen molar-refractivity contribution in [3.8, 4) is 0 Å². The number of hydrogen-bond donors (Lipinski definition) is 2. The summed E-state index contributed by atoms with van der Waals surface area (Å²) in [5.74, 6) is -0.0818. The van der Waals surface area contributed by atoms with E-state index in [0.29, 0.717) is 12.1 Å². The maximum atomic E-state index is 12.3.